The Balaban J connectivity index is 1.87. The molecule has 132 valence electrons. The number of hydrogen-bond donors (Lipinski definition) is 2. The topological polar surface area (TPSA) is 61.4 Å². The summed E-state index contributed by atoms with van der Waals surface area (Å²) in [6.45, 7) is 5.80. The molecule has 2 N–H and O–H groups in total. The summed E-state index contributed by atoms with van der Waals surface area (Å²) in [4.78, 5) is 27.8. The zero-order valence-electron chi connectivity index (χ0n) is 14.5. The van der Waals surface area contributed by atoms with Gasteiger partial charge in [-0.3, -0.25) is 9.59 Å². The molecule has 5 nitrogen and oxygen atoms in total. The first kappa shape index (κ1) is 17.5. The Morgan fingerprint density at radius 2 is 1.88 bits per heavy atom. The van der Waals surface area contributed by atoms with Gasteiger partial charge in [-0.15, -0.1) is 11.3 Å². The van der Waals surface area contributed by atoms with Crippen LogP contribution in [-0.2, 0) is 0 Å². The van der Waals surface area contributed by atoms with Gasteiger partial charge in [-0.2, -0.15) is 0 Å². The van der Waals surface area contributed by atoms with E-state index in [4.69, 9.17) is 0 Å². The van der Waals surface area contributed by atoms with Crippen molar-refractivity contribution >= 4 is 34.5 Å². The summed E-state index contributed by atoms with van der Waals surface area (Å²) in [6.07, 6.45) is 2.28. The minimum atomic E-state index is -0.154. The average molecular weight is 357 g/mol. The fourth-order valence-electron chi connectivity index (χ4n) is 2.97. The van der Waals surface area contributed by atoms with Crippen molar-refractivity contribution in [2.45, 2.75) is 32.7 Å². The van der Waals surface area contributed by atoms with Gasteiger partial charge in [0.15, 0.2) is 0 Å². The highest BCUT2D eigenvalue weighted by Gasteiger charge is 2.21. The first-order valence-corrected chi connectivity index (χ1v) is 9.47. The fraction of sp³-hybridized carbons (Fsp3) is 0.368. The molecule has 6 heteroatoms. The molecular formula is C19H23N3O2S. The van der Waals surface area contributed by atoms with Gasteiger partial charge >= 0.3 is 0 Å². The monoisotopic (exact) mass is 357 g/mol. The van der Waals surface area contributed by atoms with Crippen molar-refractivity contribution in [2.24, 2.45) is 0 Å². The minimum absolute atomic E-state index is 0.0586. The van der Waals surface area contributed by atoms with Crippen LogP contribution in [0, 0.1) is 0 Å². The van der Waals surface area contributed by atoms with Crippen LogP contribution in [0.25, 0.3) is 0 Å². The second-order valence-corrected chi connectivity index (χ2v) is 7.43. The predicted molar refractivity (Wildman–Crippen MR) is 103 cm³/mol. The van der Waals surface area contributed by atoms with E-state index in [-0.39, 0.29) is 17.9 Å². The zero-order valence-corrected chi connectivity index (χ0v) is 15.4. The Morgan fingerprint density at radius 1 is 1.12 bits per heavy atom. The summed E-state index contributed by atoms with van der Waals surface area (Å²) in [5.41, 5.74) is 2.18. The van der Waals surface area contributed by atoms with Crippen LogP contribution in [-0.4, -0.2) is 30.9 Å². The Bertz CT molecular complexity index is 750. The van der Waals surface area contributed by atoms with E-state index in [1.54, 1.807) is 12.1 Å². The zero-order chi connectivity index (χ0) is 17.8. The summed E-state index contributed by atoms with van der Waals surface area (Å²) in [5.74, 6) is -0.261. The van der Waals surface area contributed by atoms with Crippen molar-refractivity contribution in [3.05, 3.63) is 46.2 Å². The lowest BCUT2D eigenvalue weighted by atomic mass is 10.1. The molecule has 0 saturated carbocycles. The molecule has 0 unspecified atom stereocenters. The molecule has 0 spiro atoms. The van der Waals surface area contributed by atoms with E-state index in [0.717, 1.165) is 31.6 Å². The maximum Gasteiger partial charge on any atom is 0.265 e. The molecule has 0 radical (unpaired) electrons. The van der Waals surface area contributed by atoms with Crippen LogP contribution in [0.3, 0.4) is 0 Å². The number of thiophene rings is 1. The van der Waals surface area contributed by atoms with Crippen molar-refractivity contribution in [1.82, 2.24) is 5.32 Å². The Labute approximate surface area is 152 Å². The van der Waals surface area contributed by atoms with Crippen molar-refractivity contribution in [3.63, 3.8) is 0 Å². The lowest BCUT2D eigenvalue weighted by Crippen LogP contribution is -2.32. The SMILES string of the molecule is CC(C)NC(=O)c1cc(NC(=O)c2cccs2)ccc1N1CCCC1. The number of hydrogen-bond acceptors (Lipinski definition) is 4. The fourth-order valence-corrected chi connectivity index (χ4v) is 3.59. The third kappa shape index (κ3) is 4.20. The van der Waals surface area contributed by atoms with E-state index >= 15 is 0 Å². The molecule has 1 saturated heterocycles. The summed E-state index contributed by atoms with van der Waals surface area (Å²) < 4.78 is 0. The van der Waals surface area contributed by atoms with Gasteiger partial charge in [-0.25, -0.2) is 0 Å². The summed E-state index contributed by atoms with van der Waals surface area (Å²) in [5, 5.41) is 7.71. The highest BCUT2D eigenvalue weighted by molar-refractivity contribution is 7.12. The standard InChI is InChI=1S/C19H23N3O2S/c1-13(2)20-18(23)15-12-14(21-19(24)17-6-5-11-25-17)7-8-16(15)22-9-3-4-10-22/h5-8,11-13H,3-4,9-10H2,1-2H3,(H,20,23)(H,21,24). The number of carbonyl (C=O) groups is 2. The molecule has 3 rings (SSSR count). The van der Waals surface area contributed by atoms with Crippen molar-refractivity contribution in [3.8, 4) is 0 Å². The van der Waals surface area contributed by atoms with E-state index in [0.29, 0.717) is 16.1 Å². The molecule has 2 heterocycles. The minimum Gasteiger partial charge on any atom is -0.371 e. The van der Waals surface area contributed by atoms with Gasteiger partial charge in [0, 0.05) is 30.5 Å². The third-order valence-corrected chi connectivity index (χ3v) is 4.98. The first-order valence-electron chi connectivity index (χ1n) is 8.59. The molecule has 1 aromatic carbocycles. The lowest BCUT2D eigenvalue weighted by Gasteiger charge is -2.22. The lowest BCUT2D eigenvalue weighted by molar-refractivity contribution is 0.0942. The molecule has 2 aromatic rings. The first-order chi connectivity index (χ1) is 12.0. The Morgan fingerprint density at radius 3 is 2.52 bits per heavy atom. The molecular weight excluding hydrogens is 334 g/mol. The molecule has 1 aliphatic rings. The van der Waals surface area contributed by atoms with E-state index < -0.39 is 0 Å². The molecule has 0 bridgehead atoms. The van der Waals surface area contributed by atoms with Gasteiger partial charge < -0.3 is 15.5 Å². The van der Waals surface area contributed by atoms with Crippen LogP contribution >= 0.6 is 11.3 Å². The van der Waals surface area contributed by atoms with Crippen LogP contribution in [0.15, 0.2) is 35.7 Å². The van der Waals surface area contributed by atoms with E-state index in [1.807, 2.05) is 37.4 Å². The van der Waals surface area contributed by atoms with Gasteiger partial charge in [0.2, 0.25) is 0 Å². The molecule has 25 heavy (non-hydrogen) atoms. The maximum atomic E-state index is 12.7. The largest absolute Gasteiger partial charge is 0.371 e. The van der Waals surface area contributed by atoms with Crippen LogP contribution in [0.2, 0.25) is 0 Å². The molecule has 0 atom stereocenters. The van der Waals surface area contributed by atoms with Gasteiger partial charge in [-0.05, 0) is 56.3 Å². The molecule has 0 aliphatic carbocycles. The highest BCUT2D eigenvalue weighted by Crippen LogP contribution is 2.28. The maximum absolute atomic E-state index is 12.7. The second-order valence-electron chi connectivity index (χ2n) is 6.49. The van der Waals surface area contributed by atoms with Crippen molar-refractivity contribution < 1.29 is 9.59 Å². The van der Waals surface area contributed by atoms with E-state index in [9.17, 15) is 9.59 Å². The number of nitrogens with one attached hydrogen (secondary N) is 2. The average Bonchev–Trinajstić information content (AvgIpc) is 3.28. The number of nitrogens with zero attached hydrogens (tertiary/aromatic N) is 1. The highest BCUT2D eigenvalue weighted by atomic mass is 32.1. The van der Waals surface area contributed by atoms with Crippen LogP contribution in [0.5, 0.6) is 0 Å². The summed E-state index contributed by atoms with van der Waals surface area (Å²) in [7, 11) is 0. The Hall–Kier alpha value is -2.34. The number of rotatable bonds is 5. The van der Waals surface area contributed by atoms with Gasteiger partial charge in [0.05, 0.1) is 10.4 Å². The predicted octanol–water partition coefficient (Wildman–Crippen LogP) is 3.74. The van der Waals surface area contributed by atoms with Crippen LogP contribution in [0.4, 0.5) is 11.4 Å². The summed E-state index contributed by atoms with van der Waals surface area (Å²) in [6, 6.07) is 9.26. The van der Waals surface area contributed by atoms with E-state index in [1.165, 1.54) is 11.3 Å². The molecule has 1 fully saturated rings. The van der Waals surface area contributed by atoms with Gasteiger partial charge in [0.1, 0.15) is 0 Å². The Kier molecular flexibility index (Phi) is 5.38. The smallest absolute Gasteiger partial charge is 0.265 e. The van der Waals surface area contributed by atoms with Gasteiger partial charge in [0.25, 0.3) is 11.8 Å². The molecule has 2 amide bonds. The number of benzene rings is 1. The van der Waals surface area contributed by atoms with Crippen LogP contribution in [0.1, 0.15) is 46.7 Å². The second kappa shape index (κ2) is 7.70. The van der Waals surface area contributed by atoms with Crippen LogP contribution < -0.4 is 15.5 Å². The summed E-state index contributed by atoms with van der Waals surface area (Å²) >= 11 is 1.39. The normalized spacial score (nSPS) is 14.0. The quantitative estimate of drug-likeness (QED) is 0.857. The number of amides is 2. The van der Waals surface area contributed by atoms with Gasteiger partial charge in [-0.1, -0.05) is 6.07 Å². The van der Waals surface area contributed by atoms with Crippen molar-refractivity contribution in [1.29, 1.82) is 0 Å². The molecule has 1 aromatic heterocycles. The third-order valence-electron chi connectivity index (χ3n) is 4.11. The number of anilines is 2. The number of carbonyl (C=O) groups excluding carboxylic acids is 2. The van der Waals surface area contributed by atoms with Crippen molar-refractivity contribution in [2.75, 3.05) is 23.3 Å². The molecule has 1 aliphatic heterocycles. The van der Waals surface area contributed by atoms with E-state index in [2.05, 4.69) is 15.5 Å².